The summed E-state index contributed by atoms with van der Waals surface area (Å²) in [5, 5.41) is 0. The summed E-state index contributed by atoms with van der Waals surface area (Å²) in [6.45, 7) is 8.32. The average Bonchev–Trinajstić information content (AvgIpc) is 2.36. The number of carbonyl (C=O) groups is 1. The summed E-state index contributed by atoms with van der Waals surface area (Å²) in [5.41, 5.74) is 0. The second kappa shape index (κ2) is 7.88. The molecule has 1 amide bonds. The highest BCUT2D eigenvalue weighted by Crippen LogP contribution is 2.27. The van der Waals surface area contributed by atoms with Crippen LogP contribution in [0.3, 0.4) is 0 Å². The van der Waals surface area contributed by atoms with Crippen molar-refractivity contribution in [2.24, 2.45) is 11.8 Å². The summed E-state index contributed by atoms with van der Waals surface area (Å²) >= 11 is 0. The Kier molecular flexibility index (Phi) is 6.84. The van der Waals surface area contributed by atoms with E-state index in [4.69, 9.17) is 0 Å². The van der Waals surface area contributed by atoms with Crippen LogP contribution >= 0.6 is 0 Å². The van der Waals surface area contributed by atoms with Gasteiger partial charge in [-0.05, 0) is 44.7 Å². The molecule has 1 rings (SSSR count). The van der Waals surface area contributed by atoms with Crippen LogP contribution in [-0.4, -0.2) is 48.9 Å². The van der Waals surface area contributed by atoms with Crippen LogP contribution in [-0.2, 0) is 4.79 Å². The van der Waals surface area contributed by atoms with Crippen LogP contribution in [0.4, 0.5) is 0 Å². The van der Waals surface area contributed by atoms with Gasteiger partial charge in [-0.3, -0.25) is 9.69 Å². The number of carbonyl (C=O) groups excluding carboxylic acids is 1. The standard InChI is InChI=1S/C16H32N2O/c1-13(2)10-11-17(4)12-16(19)18(5)15-9-7-6-8-14(15)3/h13-15H,6-12H2,1-5H3. The van der Waals surface area contributed by atoms with E-state index in [1.807, 2.05) is 11.9 Å². The molecule has 2 atom stereocenters. The van der Waals surface area contributed by atoms with Crippen molar-refractivity contribution in [1.82, 2.24) is 9.80 Å². The molecule has 0 aromatic carbocycles. The molecule has 1 fully saturated rings. The molecule has 1 saturated carbocycles. The van der Waals surface area contributed by atoms with Crippen LogP contribution in [0.15, 0.2) is 0 Å². The fraction of sp³-hybridized carbons (Fsp3) is 0.938. The molecular weight excluding hydrogens is 236 g/mol. The lowest BCUT2D eigenvalue weighted by Gasteiger charge is -2.37. The molecule has 0 bridgehead atoms. The van der Waals surface area contributed by atoms with E-state index in [1.165, 1.54) is 25.7 Å². The number of amides is 1. The topological polar surface area (TPSA) is 23.6 Å². The Morgan fingerprint density at radius 1 is 1.21 bits per heavy atom. The SMILES string of the molecule is CC(C)CCN(C)CC(=O)N(C)C1CCCCC1C. The van der Waals surface area contributed by atoms with Crippen LogP contribution in [0.5, 0.6) is 0 Å². The largest absolute Gasteiger partial charge is 0.341 e. The fourth-order valence-corrected chi connectivity index (χ4v) is 2.96. The van der Waals surface area contributed by atoms with Crippen molar-refractivity contribution >= 4 is 5.91 Å². The molecule has 0 saturated heterocycles. The monoisotopic (exact) mass is 268 g/mol. The molecule has 3 nitrogen and oxygen atoms in total. The third-order valence-electron chi connectivity index (χ3n) is 4.45. The Bertz CT molecular complexity index is 278. The minimum Gasteiger partial charge on any atom is -0.341 e. The van der Waals surface area contributed by atoms with Crippen LogP contribution in [0, 0.1) is 11.8 Å². The third-order valence-corrected chi connectivity index (χ3v) is 4.45. The van der Waals surface area contributed by atoms with Crippen LogP contribution in [0.1, 0.15) is 52.9 Å². The van der Waals surface area contributed by atoms with E-state index in [1.54, 1.807) is 0 Å². The zero-order valence-corrected chi connectivity index (χ0v) is 13.5. The quantitative estimate of drug-likeness (QED) is 0.739. The van der Waals surface area contributed by atoms with Gasteiger partial charge in [0.15, 0.2) is 0 Å². The van der Waals surface area contributed by atoms with Gasteiger partial charge in [0.25, 0.3) is 0 Å². The first kappa shape index (κ1) is 16.5. The average molecular weight is 268 g/mol. The molecule has 1 aliphatic carbocycles. The lowest BCUT2D eigenvalue weighted by atomic mass is 9.85. The summed E-state index contributed by atoms with van der Waals surface area (Å²) in [5.74, 6) is 1.64. The highest BCUT2D eigenvalue weighted by Gasteiger charge is 2.27. The Morgan fingerprint density at radius 3 is 2.42 bits per heavy atom. The van der Waals surface area contributed by atoms with Gasteiger partial charge in [-0.15, -0.1) is 0 Å². The van der Waals surface area contributed by atoms with E-state index in [-0.39, 0.29) is 5.91 Å². The second-order valence-corrected chi connectivity index (χ2v) is 6.75. The number of rotatable bonds is 6. The van der Waals surface area contributed by atoms with Gasteiger partial charge in [0.05, 0.1) is 6.54 Å². The van der Waals surface area contributed by atoms with Gasteiger partial charge in [-0.25, -0.2) is 0 Å². The first-order valence-corrected chi connectivity index (χ1v) is 7.86. The van der Waals surface area contributed by atoms with E-state index >= 15 is 0 Å². The van der Waals surface area contributed by atoms with Gasteiger partial charge in [-0.2, -0.15) is 0 Å². The summed E-state index contributed by atoms with van der Waals surface area (Å²) in [6.07, 6.45) is 6.21. The molecule has 0 aliphatic heterocycles. The van der Waals surface area contributed by atoms with Gasteiger partial charge in [-0.1, -0.05) is 33.6 Å². The second-order valence-electron chi connectivity index (χ2n) is 6.75. The Balaban J connectivity index is 2.39. The minimum absolute atomic E-state index is 0.282. The maximum atomic E-state index is 12.3. The third kappa shape index (κ3) is 5.52. The van der Waals surface area contributed by atoms with Crippen molar-refractivity contribution in [2.75, 3.05) is 27.2 Å². The number of hydrogen-bond donors (Lipinski definition) is 0. The predicted molar refractivity (Wildman–Crippen MR) is 81.1 cm³/mol. The molecular formula is C16H32N2O. The molecule has 3 heteroatoms. The van der Waals surface area contributed by atoms with E-state index in [9.17, 15) is 4.79 Å². The maximum Gasteiger partial charge on any atom is 0.236 e. The zero-order valence-electron chi connectivity index (χ0n) is 13.5. The normalized spacial score (nSPS) is 23.9. The lowest BCUT2D eigenvalue weighted by molar-refractivity contribution is -0.134. The Morgan fingerprint density at radius 2 is 1.84 bits per heavy atom. The smallest absolute Gasteiger partial charge is 0.236 e. The zero-order chi connectivity index (χ0) is 14.4. The number of likely N-dealkylation sites (N-methyl/N-ethyl adjacent to an activating group) is 2. The summed E-state index contributed by atoms with van der Waals surface area (Å²) in [7, 11) is 4.05. The molecule has 0 radical (unpaired) electrons. The van der Waals surface area contributed by atoms with Crippen molar-refractivity contribution < 1.29 is 4.79 Å². The van der Waals surface area contributed by atoms with Gasteiger partial charge < -0.3 is 4.90 Å². The van der Waals surface area contributed by atoms with Gasteiger partial charge in [0.1, 0.15) is 0 Å². The van der Waals surface area contributed by atoms with E-state index in [0.29, 0.717) is 24.4 Å². The van der Waals surface area contributed by atoms with Crippen molar-refractivity contribution in [3.8, 4) is 0 Å². The molecule has 0 heterocycles. The van der Waals surface area contributed by atoms with Crippen molar-refractivity contribution in [3.63, 3.8) is 0 Å². The van der Waals surface area contributed by atoms with Crippen LogP contribution in [0.2, 0.25) is 0 Å². The van der Waals surface area contributed by atoms with Gasteiger partial charge >= 0.3 is 0 Å². The number of nitrogens with zero attached hydrogens (tertiary/aromatic N) is 2. The molecule has 112 valence electrons. The Hall–Kier alpha value is -0.570. The molecule has 1 aliphatic rings. The minimum atomic E-state index is 0.282. The molecule has 0 N–H and O–H groups in total. The molecule has 19 heavy (non-hydrogen) atoms. The molecule has 2 unspecified atom stereocenters. The Labute approximate surface area is 119 Å². The first-order valence-electron chi connectivity index (χ1n) is 7.86. The van der Waals surface area contributed by atoms with Crippen LogP contribution in [0.25, 0.3) is 0 Å². The number of hydrogen-bond acceptors (Lipinski definition) is 2. The van der Waals surface area contributed by atoms with Crippen molar-refractivity contribution in [3.05, 3.63) is 0 Å². The summed E-state index contributed by atoms with van der Waals surface area (Å²) in [4.78, 5) is 16.5. The first-order chi connectivity index (χ1) is 8.91. The molecule has 0 aromatic rings. The van der Waals surface area contributed by atoms with Gasteiger partial charge in [0, 0.05) is 13.1 Å². The summed E-state index contributed by atoms with van der Waals surface area (Å²) in [6, 6.07) is 0.458. The highest BCUT2D eigenvalue weighted by atomic mass is 16.2. The van der Waals surface area contributed by atoms with Crippen LogP contribution < -0.4 is 0 Å². The molecule has 0 aromatic heterocycles. The van der Waals surface area contributed by atoms with Gasteiger partial charge in [0.2, 0.25) is 5.91 Å². The van der Waals surface area contributed by atoms with E-state index in [2.05, 4.69) is 32.7 Å². The predicted octanol–water partition coefficient (Wildman–Crippen LogP) is 3.00. The summed E-state index contributed by atoms with van der Waals surface area (Å²) < 4.78 is 0. The lowest BCUT2D eigenvalue weighted by Crippen LogP contribution is -2.46. The van der Waals surface area contributed by atoms with Crippen molar-refractivity contribution in [2.45, 2.75) is 58.9 Å². The highest BCUT2D eigenvalue weighted by molar-refractivity contribution is 5.78. The maximum absolute atomic E-state index is 12.3. The molecule has 0 spiro atoms. The van der Waals surface area contributed by atoms with E-state index < -0.39 is 0 Å². The fourth-order valence-electron chi connectivity index (χ4n) is 2.96. The van der Waals surface area contributed by atoms with Crippen molar-refractivity contribution in [1.29, 1.82) is 0 Å². The van der Waals surface area contributed by atoms with E-state index in [0.717, 1.165) is 13.0 Å².